The number of carboxylic acid groups (broad SMARTS) is 1. The van der Waals surface area contributed by atoms with Gasteiger partial charge in [-0.1, -0.05) is 45.4 Å². The Morgan fingerprint density at radius 2 is 1.57 bits per heavy atom. The molecule has 0 rings (SSSR count). The Balaban J connectivity index is 3.60. The van der Waals surface area contributed by atoms with Crippen molar-refractivity contribution in [1.29, 1.82) is 0 Å². The minimum absolute atomic E-state index is 0.00834. The fraction of sp³-hybridized carbons (Fsp3) is 0.882. The van der Waals surface area contributed by atoms with E-state index in [0.29, 0.717) is 32.6 Å². The third kappa shape index (κ3) is 15.5. The molecule has 0 unspecified atom stereocenters. The van der Waals surface area contributed by atoms with Crippen molar-refractivity contribution in [3.05, 3.63) is 0 Å². The number of amides is 1. The van der Waals surface area contributed by atoms with Crippen LogP contribution in [0, 0.1) is 0 Å². The van der Waals surface area contributed by atoms with Gasteiger partial charge in [-0.2, -0.15) is 0 Å². The summed E-state index contributed by atoms with van der Waals surface area (Å²) in [6.07, 6.45) is 8.94. The van der Waals surface area contributed by atoms with E-state index in [1.807, 2.05) is 4.90 Å². The monoisotopic (exact) mass is 330 g/mol. The summed E-state index contributed by atoms with van der Waals surface area (Å²) in [4.78, 5) is 24.1. The van der Waals surface area contributed by atoms with Crippen LogP contribution in [-0.2, 0) is 9.59 Å². The molecular weight excluding hydrogens is 296 g/mol. The molecule has 0 aliphatic rings. The molecule has 0 fully saturated rings. The highest BCUT2D eigenvalue weighted by Crippen LogP contribution is 2.08. The molecule has 0 aromatic heterocycles. The fourth-order valence-corrected chi connectivity index (χ4v) is 2.42. The molecular formula is C17H34N2O4. The van der Waals surface area contributed by atoms with Crippen LogP contribution in [0.3, 0.4) is 0 Å². The molecule has 0 saturated carbocycles. The van der Waals surface area contributed by atoms with Crippen LogP contribution in [0.5, 0.6) is 0 Å². The summed E-state index contributed by atoms with van der Waals surface area (Å²) in [6, 6.07) is 0. The first-order chi connectivity index (χ1) is 11.1. The van der Waals surface area contributed by atoms with E-state index in [1.165, 1.54) is 32.1 Å². The van der Waals surface area contributed by atoms with E-state index >= 15 is 0 Å². The summed E-state index contributed by atoms with van der Waals surface area (Å²) < 4.78 is 0. The molecule has 136 valence electrons. The zero-order chi connectivity index (χ0) is 17.3. The number of carbonyl (C=O) groups is 2. The highest BCUT2D eigenvalue weighted by atomic mass is 16.4. The number of aliphatic hydroxyl groups excluding tert-OH is 1. The van der Waals surface area contributed by atoms with Crippen LogP contribution in [-0.4, -0.2) is 59.8 Å². The molecule has 0 bridgehead atoms. The van der Waals surface area contributed by atoms with Crippen LogP contribution in [0.15, 0.2) is 0 Å². The smallest absolute Gasteiger partial charge is 0.304 e. The Labute approximate surface area is 140 Å². The van der Waals surface area contributed by atoms with Gasteiger partial charge < -0.3 is 15.5 Å². The molecule has 0 radical (unpaired) electrons. The number of nitrogens with one attached hydrogen (secondary N) is 1. The number of hydrogen-bond donors (Lipinski definition) is 3. The Hall–Kier alpha value is -1.14. The SMILES string of the molecule is CCCCCCCCCC(=O)NCCN(CCO)CCC(=O)O. The average Bonchev–Trinajstić information content (AvgIpc) is 2.51. The molecule has 6 nitrogen and oxygen atoms in total. The topological polar surface area (TPSA) is 89.9 Å². The summed E-state index contributed by atoms with van der Waals surface area (Å²) >= 11 is 0. The van der Waals surface area contributed by atoms with E-state index in [4.69, 9.17) is 10.2 Å². The van der Waals surface area contributed by atoms with Gasteiger partial charge in [0.25, 0.3) is 0 Å². The Bertz CT molecular complexity index is 311. The van der Waals surface area contributed by atoms with Crippen LogP contribution in [0.4, 0.5) is 0 Å². The number of nitrogens with zero attached hydrogens (tertiary/aromatic N) is 1. The van der Waals surface area contributed by atoms with E-state index in [1.54, 1.807) is 0 Å². The summed E-state index contributed by atoms with van der Waals surface area (Å²) in [5.74, 6) is -0.795. The first-order valence-corrected chi connectivity index (χ1v) is 8.91. The Kier molecular flexibility index (Phi) is 15.0. The molecule has 23 heavy (non-hydrogen) atoms. The van der Waals surface area contributed by atoms with Gasteiger partial charge in [0.2, 0.25) is 5.91 Å². The van der Waals surface area contributed by atoms with Gasteiger partial charge in [0.05, 0.1) is 13.0 Å². The molecule has 0 atom stereocenters. The number of aliphatic hydroxyl groups is 1. The maximum absolute atomic E-state index is 11.7. The van der Waals surface area contributed by atoms with E-state index in [0.717, 1.165) is 12.8 Å². The predicted octanol–water partition coefficient (Wildman–Crippen LogP) is 2.01. The number of carboxylic acids is 1. The molecule has 0 saturated heterocycles. The molecule has 0 heterocycles. The predicted molar refractivity (Wildman–Crippen MR) is 91.4 cm³/mol. The van der Waals surface area contributed by atoms with Gasteiger partial charge in [-0.05, 0) is 6.42 Å². The van der Waals surface area contributed by atoms with Crippen molar-refractivity contribution in [2.45, 2.75) is 64.7 Å². The van der Waals surface area contributed by atoms with Crippen molar-refractivity contribution in [2.75, 3.05) is 32.8 Å². The van der Waals surface area contributed by atoms with E-state index in [9.17, 15) is 9.59 Å². The quantitative estimate of drug-likeness (QED) is 0.377. The summed E-state index contributed by atoms with van der Waals surface area (Å²) in [6.45, 7) is 4.08. The fourth-order valence-electron chi connectivity index (χ4n) is 2.42. The Morgan fingerprint density at radius 1 is 0.913 bits per heavy atom. The summed E-state index contributed by atoms with van der Waals surface area (Å²) in [5, 5.41) is 20.5. The van der Waals surface area contributed by atoms with Crippen molar-refractivity contribution in [1.82, 2.24) is 10.2 Å². The molecule has 3 N–H and O–H groups in total. The highest BCUT2D eigenvalue weighted by Gasteiger charge is 2.08. The van der Waals surface area contributed by atoms with E-state index < -0.39 is 5.97 Å². The van der Waals surface area contributed by atoms with Crippen molar-refractivity contribution >= 4 is 11.9 Å². The summed E-state index contributed by atoms with van der Waals surface area (Å²) in [5.41, 5.74) is 0. The van der Waals surface area contributed by atoms with Gasteiger partial charge in [-0.25, -0.2) is 0 Å². The number of carbonyl (C=O) groups excluding carboxylic acids is 1. The van der Waals surface area contributed by atoms with E-state index in [2.05, 4.69) is 12.2 Å². The van der Waals surface area contributed by atoms with Crippen molar-refractivity contribution in [2.24, 2.45) is 0 Å². The first kappa shape index (κ1) is 21.9. The third-order valence-corrected chi connectivity index (χ3v) is 3.82. The summed E-state index contributed by atoms with van der Waals surface area (Å²) in [7, 11) is 0. The lowest BCUT2D eigenvalue weighted by atomic mass is 10.1. The molecule has 0 aliphatic carbocycles. The van der Waals surface area contributed by atoms with Crippen LogP contribution in [0.25, 0.3) is 0 Å². The molecule has 0 aromatic rings. The van der Waals surface area contributed by atoms with Crippen LogP contribution >= 0.6 is 0 Å². The van der Waals surface area contributed by atoms with Crippen LogP contribution < -0.4 is 5.32 Å². The number of unbranched alkanes of at least 4 members (excludes halogenated alkanes) is 6. The lowest BCUT2D eigenvalue weighted by Gasteiger charge is -2.20. The van der Waals surface area contributed by atoms with Gasteiger partial charge in [0.1, 0.15) is 0 Å². The molecule has 6 heteroatoms. The number of rotatable bonds is 16. The maximum Gasteiger partial charge on any atom is 0.304 e. The highest BCUT2D eigenvalue weighted by molar-refractivity contribution is 5.75. The van der Waals surface area contributed by atoms with Gasteiger partial charge in [0.15, 0.2) is 0 Å². The molecule has 0 spiro atoms. The largest absolute Gasteiger partial charge is 0.481 e. The minimum atomic E-state index is -0.851. The van der Waals surface area contributed by atoms with Gasteiger partial charge in [-0.15, -0.1) is 0 Å². The zero-order valence-electron chi connectivity index (χ0n) is 14.6. The second-order valence-electron chi connectivity index (χ2n) is 5.93. The first-order valence-electron chi connectivity index (χ1n) is 8.91. The second kappa shape index (κ2) is 15.7. The van der Waals surface area contributed by atoms with Gasteiger partial charge in [-0.3, -0.25) is 14.5 Å². The third-order valence-electron chi connectivity index (χ3n) is 3.82. The maximum atomic E-state index is 11.7. The molecule has 0 aliphatic heterocycles. The standard InChI is InChI=1S/C17H34N2O4/c1-2-3-4-5-6-7-8-9-16(21)18-11-13-19(14-15-20)12-10-17(22)23/h20H,2-15H2,1H3,(H,18,21)(H,22,23). The lowest BCUT2D eigenvalue weighted by molar-refractivity contribution is -0.137. The van der Waals surface area contributed by atoms with Gasteiger partial charge in [0, 0.05) is 32.6 Å². The average molecular weight is 330 g/mol. The number of hydrogen-bond acceptors (Lipinski definition) is 4. The van der Waals surface area contributed by atoms with Crippen molar-refractivity contribution < 1.29 is 19.8 Å². The minimum Gasteiger partial charge on any atom is -0.481 e. The van der Waals surface area contributed by atoms with Gasteiger partial charge >= 0.3 is 5.97 Å². The normalized spacial score (nSPS) is 10.9. The Morgan fingerprint density at radius 3 is 2.17 bits per heavy atom. The zero-order valence-corrected chi connectivity index (χ0v) is 14.6. The molecule has 1 amide bonds. The lowest BCUT2D eigenvalue weighted by Crippen LogP contribution is -2.37. The van der Waals surface area contributed by atoms with Crippen LogP contribution in [0.2, 0.25) is 0 Å². The van der Waals surface area contributed by atoms with Crippen molar-refractivity contribution in [3.63, 3.8) is 0 Å². The second-order valence-corrected chi connectivity index (χ2v) is 5.93. The number of aliphatic carboxylic acids is 1. The van der Waals surface area contributed by atoms with E-state index in [-0.39, 0.29) is 18.9 Å². The van der Waals surface area contributed by atoms with Crippen LogP contribution in [0.1, 0.15) is 64.7 Å². The molecule has 0 aromatic carbocycles. The van der Waals surface area contributed by atoms with Crippen molar-refractivity contribution in [3.8, 4) is 0 Å².